The molecule has 1 atom stereocenters. The van der Waals surface area contributed by atoms with E-state index in [9.17, 15) is 5.11 Å². The summed E-state index contributed by atoms with van der Waals surface area (Å²) in [6, 6.07) is 7.45. The minimum atomic E-state index is 0.333. The molecule has 0 radical (unpaired) electrons. The number of phenols is 1. The second kappa shape index (κ2) is 4.35. The molecule has 2 rings (SSSR count). The van der Waals surface area contributed by atoms with Crippen LogP contribution in [0.5, 0.6) is 5.75 Å². The van der Waals surface area contributed by atoms with Gasteiger partial charge in [-0.05, 0) is 48.4 Å². The van der Waals surface area contributed by atoms with E-state index in [1.807, 2.05) is 18.2 Å². The third kappa shape index (κ3) is 2.30. The summed E-state index contributed by atoms with van der Waals surface area (Å²) < 4.78 is 0. The number of rotatable bonds is 2. The van der Waals surface area contributed by atoms with Crippen molar-refractivity contribution in [1.29, 1.82) is 0 Å². The average Bonchev–Trinajstić information content (AvgIpc) is 2.30. The summed E-state index contributed by atoms with van der Waals surface area (Å²) in [6.07, 6.45) is 7.74. The van der Waals surface area contributed by atoms with Crippen molar-refractivity contribution in [2.24, 2.45) is 5.92 Å². The van der Waals surface area contributed by atoms with Crippen LogP contribution in [0.3, 0.4) is 0 Å². The van der Waals surface area contributed by atoms with Gasteiger partial charge in [-0.1, -0.05) is 24.3 Å². The van der Waals surface area contributed by atoms with Crippen molar-refractivity contribution >= 4 is 5.57 Å². The van der Waals surface area contributed by atoms with Gasteiger partial charge in [-0.25, -0.2) is 0 Å². The van der Waals surface area contributed by atoms with Crippen molar-refractivity contribution in [2.45, 2.75) is 19.3 Å². The molecule has 0 amide bonds. The molecule has 1 aliphatic rings. The first kappa shape index (κ1) is 10.0. The van der Waals surface area contributed by atoms with E-state index in [0.717, 1.165) is 12.8 Å². The fraction of sp³-hybridized carbons (Fsp3) is 0.286. The van der Waals surface area contributed by atoms with Gasteiger partial charge in [0.05, 0.1) is 0 Å². The van der Waals surface area contributed by atoms with Crippen LogP contribution in [0, 0.1) is 5.92 Å². The summed E-state index contributed by atoms with van der Waals surface area (Å²) in [5.74, 6) is 0.977. The quantitative estimate of drug-likeness (QED) is 0.721. The zero-order chi connectivity index (χ0) is 10.7. The fourth-order valence-electron chi connectivity index (χ4n) is 2.01. The van der Waals surface area contributed by atoms with Crippen LogP contribution >= 0.6 is 0 Å². The normalized spacial score (nSPS) is 20.8. The predicted molar refractivity (Wildman–Crippen MR) is 63.6 cm³/mol. The highest BCUT2D eigenvalue weighted by Crippen LogP contribution is 2.31. The zero-order valence-corrected chi connectivity index (χ0v) is 8.82. The van der Waals surface area contributed by atoms with Crippen molar-refractivity contribution in [3.05, 3.63) is 48.6 Å². The van der Waals surface area contributed by atoms with Crippen molar-refractivity contribution in [2.75, 3.05) is 0 Å². The first-order chi connectivity index (χ1) is 7.29. The molecule has 0 spiro atoms. The van der Waals surface area contributed by atoms with E-state index in [2.05, 4.69) is 12.7 Å². The Bertz CT molecular complexity index is 373. The highest BCUT2D eigenvalue weighted by atomic mass is 16.3. The van der Waals surface area contributed by atoms with Gasteiger partial charge in [0, 0.05) is 0 Å². The number of hydrogen-bond acceptors (Lipinski definition) is 1. The summed E-state index contributed by atoms with van der Waals surface area (Å²) in [7, 11) is 0. The summed E-state index contributed by atoms with van der Waals surface area (Å²) in [6.45, 7) is 3.83. The molecule has 78 valence electrons. The molecule has 1 unspecified atom stereocenters. The Morgan fingerprint density at radius 3 is 2.53 bits per heavy atom. The second-order valence-corrected chi connectivity index (χ2v) is 4.05. The van der Waals surface area contributed by atoms with Crippen molar-refractivity contribution in [3.63, 3.8) is 0 Å². The topological polar surface area (TPSA) is 20.2 Å². The predicted octanol–water partition coefficient (Wildman–Crippen LogP) is 3.76. The summed E-state index contributed by atoms with van der Waals surface area (Å²) >= 11 is 0. The van der Waals surface area contributed by atoms with Crippen LogP contribution in [0.25, 0.3) is 5.57 Å². The Balaban J connectivity index is 2.15. The summed E-state index contributed by atoms with van der Waals surface area (Å²) in [4.78, 5) is 0. The van der Waals surface area contributed by atoms with Crippen molar-refractivity contribution in [1.82, 2.24) is 0 Å². The SMILES string of the molecule is C=CC1CC=C(c2ccc(O)cc2)CC1. The summed E-state index contributed by atoms with van der Waals surface area (Å²) in [5.41, 5.74) is 2.63. The van der Waals surface area contributed by atoms with E-state index >= 15 is 0 Å². The number of aromatic hydroxyl groups is 1. The minimum absolute atomic E-state index is 0.333. The second-order valence-electron chi connectivity index (χ2n) is 4.05. The van der Waals surface area contributed by atoms with Gasteiger partial charge in [-0.15, -0.1) is 6.58 Å². The van der Waals surface area contributed by atoms with Crippen LogP contribution in [-0.2, 0) is 0 Å². The molecule has 1 aromatic rings. The van der Waals surface area contributed by atoms with E-state index in [0.29, 0.717) is 11.7 Å². The van der Waals surface area contributed by atoms with E-state index < -0.39 is 0 Å². The smallest absolute Gasteiger partial charge is 0.115 e. The first-order valence-electron chi connectivity index (χ1n) is 5.40. The molecule has 15 heavy (non-hydrogen) atoms. The monoisotopic (exact) mass is 200 g/mol. The summed E-state index contributed by atoms with van der Waals surface area (Å²) in [5, 5.41) is 9.20. The lowest BCUT2D eigenvalue weighted by atomic mass is 9.87. The molecule has 0 heterocycles. The third-order valence-corrected chi connectivity index (χ3v) is 3.02. The maximum absolute atomic E-state index is 9.20. The van der Waals surface area contributed by atoms with E-state index in [1.54, 1.807) is 12.1 Å². The lowest BCUT2D eigenvalue weighted by Crippen LogP contribution is -2.01. The zero-order valence-electron chi connectivity index (χ0n) is 8.82. The van der Waals surface area contributed by atoms with Gasteiger partial charge < -0.3 is 5.11 Å². The molecule has 0 aliphatic heterocycles. The molecular weight excluding hydrogens is 184 g/mol. The van der Waals surface area contributed by atoms with E-state index in [1.165, 1.54) is 17.6 Å². The van der Waals surface area contributed by atoms with Crippen molar-refractivity contribution < 1.29 is 5.11 Å². The molecule has 0 aromatic heterocycles. The molecule has 0 bridgehead atoms. The molecule has 0 saturated heterocycles. The molecule has 1 aliphatic carbocycles. The molecule has 1 heteroatoms. The van der Waals surface area contributed by atoms with Gasteiger partial charge in [0.15, 0.2) is 0 Å². The number of hydrogen-bond donors (Lipinski definition) is 1. The highest BCUT2D eigenvalue weighted by molar-refractivity contribution is 5.66. The van der Waals surface area contributed by atoms with Gasteiger partial charge in [0.25, 0.3) is 0 Å². The van der Waals surface area contributed by atoms with Crippen LogP contribution < -0.4 is 0 Å². The van der Waals surface area contributed by atoms with Gasteiger partial charge in [-0.3, -0.25) is 0 Å². The third-order valence-electron chi connectivity index (χ3n) is 3.02. The fourth-order valence-corrected chi connectivity index (χ4v) is 2.01. The Morgan fingerprint density at radius 1 is 1.27 bits per heavy atom. The van der Waals surface area contributed by atoms with Gasteiger partial charge >= 0.3 is 0 Å². The first-order valence-corrected chi connectivity index (χ1v) is 5.40. The van der Waals surface area contributed by atoms with Crippen LogP contribution in [0.15, 0.2) is 43.0 Å². The minimum Gasteiger partial charge on any atom is -0.508 e. The van der Waals surface area contributed by atoms with Crippen LogP contribution in [0.2, 0.25) is 0 Å². The van der Waals surface area contributed by atoms with Gasteiger partial charge in [0.2, 0.25) is 0 Å². The Kier molecular flexibility index (Phi) is 2.91. The Morgan fingerprint density at radius 2 is 2.00 bits per heavy atom. The van der Waals surface area contributed by atoms with Crippen molar-refractivity contribution in [3.8, 4) is 5.75 Å². The van der Waals surface area contributed by atoms with Crippen LogP contribution in [0.4, 0.5) is 0 Å². The molecule has 0 saturated carbocycles. The molecular formula is C14H16O. The standard InChI is InChI=1S/C14H16O/c1-2-11-3-5-12(6-4-11)13-7-9-14(15)10-8-13/h2,5,7-11,15H,1,3-4,6H2. The van der Waals surface area contributed by atoms with Crippen LogP contribution in [-0.4, -0.2) is 5.11 Å². The highest BCUT2D eigenvalue weighted by Gasteiger charge is 2.12. The number of allylic oxidation sites excluding steroid dienone is 3. The van der Waals surface area contributed by atoms with Gasteiger partial charge in [0.1, 0.15) is 5.75 Å². The van der Waals surface area contributed by atoms with E-state index in [-0.39, 0.29) is 0 Å². The number of benzene rings is 1. The number of phenolic OH excluding ortho intramolecular Hbond substituents is 1. The maximum Gasteiger partial charge on any atom is 0.115 e. The molecule has 1 nitrogen and oxygen atoms in total. The average molecular weight is 200 g/mol. The molecule has 0 fully saturated rings. The lowest BCUT2D eigenvalue weighted by molar-refractivity contribution is 0.475. The van der Waals surface area contributed by atoms with Gasteiger partial charge in [-0.2, -0.15) is 0 Å². The Hall–Kier alpha value is -1.50. The lowest BCUT2D eigenvalue weighted by Gasteiger charge is -2.19. The van der Waals surface area contributed by atoms with Crippen LogP contribution in [0.1, 0.15) is 24.8 Å². The largest absolute Gasteiger partial charge is 0.508 e. The molecule has 1 aromatic carbocycles. The van der Waals surface area contributed by atoms with E-state index in [4.69, 9.17) is 0 Å². The Labute approximate surface area is 90.8 Å². The maximum atomic E-state index is 9.20. The molecule has 1 N–H and O–H groups in total.